The Balaban J connectivity index is 3.89. The van der Waals surface area contributed by atoms with Crippen molar-refractivity contribution in [1.82, 2.24) is 5.32 Å². The van der Waals surface area contributed by atoms with Crippen LogP contribution in [-0.2, 0) is 18.4 Å². The number of nitrogens with zero attached hydrogens (tertiary/aromatic N) is 1. The van der Waals surface area contributed by atoms with Gasteiger partial charge in [-0.2, -0.15) is 0 Å². The molecule has 9 heteroatoms. The Morgan fingerprint density at radius 3 is 1.32 bits per heavy atom. The van der Waals surface area contributed by atoms with Gasteiger partial charge in [0, 0.05) is 6.42 Å². The van der Waals surface area contributed by atoms with Crippen LogP contribution in [0.4, 0.5) is 0 Å². The summed E-state index contributed by atoms with van der Waals surface area (Å²) in [5.74, 6) is -0.178. The van der Waals surface area contributed by atoms with Crippen LogP contribution in [0.2, 0.25) is 0 Å². The van der Waals surface area contributed by atoms with Gasteiger partial charge in [0.1, 0.15) is 13.2 Å². The lowest BCUT2D eigenvalue weighted by atomic mass is 10.0. The van der Waals surface area contributed by atoms with Gasteiger partial charge >= 0.3 is 7.82 Å². The molecule has 0 saturated carbocycles. The summed E-state index contributed by atoms with van der Waals surface area (Å²) in [6, 6.07) is -0.837. The van der Waals surface area contributed by atoms with Crippen LogP contribution in [0.15, 0.2) is 12.2 Å². The van der Waals surface area contributed by atoms with E-state index in [2.05, 4.69) is 19.2 Å². The second kappa shape index (κ2) is 39.7. The third kappa shape index (κ3) is 41.4. The first-order chi connectivity index (χ1) is 27.0. The molecule has 3 atom stereocenters. The van der Waals surface area contributed by atoms with Gasteiger partial charge < -0.3 is 19.8 Å². The Bertz CT molecular complexity index is 927. The summed E-state index contributed by atoms with van der Waals surface area (Å²) >= 11 is 0. The summed E-state index contributed by atoms with van der Waals surface area (Å²) in [5, 5.41) is 13.7. The highest BCUT2D eigenvalue weighted by Crippen LogP contribution is 2.43. The van der Waals surface area contributed by atoms with Gasteiger partial charge in [-0.15, -0.1) is 0 Å². The van der Waals surface area contributed by atoms with E-state index in [4.69, 9.17) is 9.05 Å². The number of phosphoric acid groups is 1. The molecule has 56 heavy (non-hydrogen) atoms. The van der Waals surface area contributed by atoms with Gasteiger partial charge in [0.2, 0.25) is 5.91 Å². The first kappa shape index (κ1) is 55.2. The molecule has 0 aromatic heterocycles. The molecule has 0 aromatic rings. The number of allylic oxidation sites excluding steroid dienone is 1. The third-order valence-electron chi connectivity index (χ3n) is 11.0. The van der Waals surface area contributed by atoms with E-state index >= 15 is 0 Å². The van der Waals surface area contributed by atoms with Crippen LogP contribution in [0.5, 0.6) is 0 Å². The van der Waals surface area contributed by atoms with Crippen molar-refractivity contribution in [3.63, 3.8) is 0 Å². The van der Waals surface area contributed by atoms with Crippen LogP contribution >= 0.6 is 7.82 Å². The summed E-state index contributed by atoms with van der Waals surface area (Å²) in [6.45, 7) is 4.75. The number of nitrogens with one attached hydrogen (secondary N) is 1. The van der Waals surface area contributed by atoms with Crippen molar-refractivity contribution in [1.29, 1.82) is 0 Å². The quantitative estimate of drug-likeness (QED) is 0.0245. The van der Waals surface area contributed by atoms with Crippen LogP contribution in [-0.4, -0.2) is 73.4 Å². The van der Waals surface area contributed by atoms with Crippen molar-refractivity contribution in [3.8, 4) is 0 Å². The monoisotopic (exact) mass is 816 g/mol. The molecule has 0 aliphatic heterocycles. The van der Waals surface area contributed by atoms with Crippen LogP contribution in [0.1, 0.15) is 232 Å². The molecule has 0 rings (SSSR count). The zero-order valence-electron chi connectivity index (χ0n) is 37.9. The number of rotatable bonds is 44. The van der Waals surface area contributed by atoms with E-state index in [0.717, 1.165) is 44.9 Å². The molecule has 0 spiro atoms. The Morgan fingerprint density at radius 2 is 0.946 bits per heavy atom. The minimum atomic E-state index is -4.32. The Kier molecular flexibility index (Phi) is 39.1. The van der Waals surface area contributed by atoms with Crippen LogP contribution in [0.25, 0.3) is 0 Å². The smallest absolute Gasteiger partial charge is 0.387 e. The Labute approximate surface area is 348 Å². The van der Waals surface area contributed by atoms with Gasteiger partial charge in [0.05, 0.1) is 39.9 Å². The second-order valence-electron chi connectivity index (χ2n) is 17.8. The number of phosphoric ester groups is 1. The summed E-state index contributed by atoms with van der Waals surface area (Å²) < 4.78 is 23.4. The zero-order valence-corrected chi connectivity index (χ0v) is 38.8. The molecule has 3 N–H and O–H groups in total. The average molecular weight is 816 g/mol. The number of aliphatic hydroxyl groups excluding tert-OH is 1. The van der Waals surface area contributed by atoms with Gasteiger partial charge in [0.15, 0.2) is 0 Å². The Hall–Kier alpha value is -0.760. The molecule has 0 aliphatic carbocycles. The number of likely N-dealkylation sites (N-methyl/N-ethyl adjacent to an activating group) is 1. The van der Waals surface area contributed by atoms with E-state index in [1.165, 1.54) is 167 Å². The summed E-state index contributed by atoms with van der Waals surface area (Å²) in [7, 11) is 1.58. The van der Waals surface area contributed by atoms with Crippen molar-refractivity contribution in [2.75, 3.05) is 40.9 Å². The van der Waals surface area contributed by atoms with Crippen LogP contribution in [0.3, 0.4) is 0 Å². The number of unbranched alkanes of at least 4 members (excludes halogenated alkanes) is 31. The minimum Gasteiger partial charge on any atom is -0.387 e. The van der Waals surface area contributed by atoms with Gasteiger partial charge in [-0.05, 0) is 19.3 Å². The highest BCUT2D eigenvalue weighted by atomic mass is 31.2. The molecule has 0 heterocycles. The maximum Gasteiger partial charge on any atom is 0.472 e. The molecule has 0 fully saturated rings. The first-order valence-electron chi connectivity index (χ1n) is 24.1. The maximum atomic E-state index is 12.8. The zero-order chi connectivity index (χ0) is 41.4. The van der Waals surface area contributed by atoms with Gasteiger partial charge in [-0.25, -0.2) is 4.57 Å². The fraction of sp³-hybridized carbons (Fsp3) is 0.936. The molecular formula is C47H96N2O6P+. The van der Waals surface area contributed by atoms with E-state index in [1.54, 1.807) is 6.08 Å². The molecule has 8 nitrogen and oxygen atoms in total. The lowest BCUT2D eigenvalue weighted by molar-refractivity contribution is -0.870. The fourth-order valence-electron chi connectivity index (χ4n) is 7.16. The highest BCUT2D eigenvalue weighted by molar-refractivity contribution is 7.47. The number of aliphatic hydroxyl groups is 1. The molecule has 334 valence electrons. The molecule has 1 amide bonds. The molecule has 0 aliphatic rings. The topological polar surface area (TPSA) is 105 Å². The Morgan fingerprint density at radius 1 is 0.589 bits per heavy atom. The number of carbonyl (C=O) groups is 1. The second-order valence-corrected chi connectivity index (χ2v) is 19.3. The van der Waals surface area contributed by atoms with E-state index in [1.807, 2.05) is 27.2 Å². The van der Waals surface area contributed by atoms with Crippen molar-refractivity contribution >= 4 is 13.7 Å². The van der Waals surface area contributed by atoms with Crippen molar-refractivity contribution in [2.24, 2.45) is 0 Å². The largest absolute Gasteiger partial charge is 0.472 e. The van der Waals surface area contributed by atoms with Crippen LogP contribution < -0.4 is 5.32 Å². The number of carbonyl (C=O) groups excluding carboxylic acids is 1. The molecule has 3 unspecified atom stereocenters. The van der Waals surface area contributed by atoms with Crippen LogP contribution in [0, 0.1) is 0 Å². The number of hydrogen-bond donors (Lipinski definition) is 3. The SMILES string of the molecule is CCCCCC/C=C/C(O)C(COP(=O)(O)OCC[N+](C)(C)C)NC(=O)CCCCCCCCCCCCCCCCCCCCCCCCCCCCCC. The predicted octanol–water partition coefficient (Wildman–Crippen LogP) is 13.5. The number of hydrogen-bond acceptors (Lipinski definition) is 5. The van der Waals surface area contributed by atoms with Crippen molar-refractivity contribution < 1.29 is 32.9 Å². The normalized spacial score (nSPS) is 14.3. The molecule has 0 bridgehead atoms. The predicted molar refractivity (Wildman–Crippen MR) is 240 cm³/mol. The average Bonchev–Trinajstić information content (AvgIpc) is 3.15. The van der Waals surface area contributed by atoms with E-state index < -0.39 is 20.0 Å². The summed E-state index contributed by atoms with van der Waals surface area (Å²) in [4.78, 5) is 23.0. The number of amides is 1. The summed E-state index contributed by atoms with van der Waals surface area (Å²) in [6.07, 6.45) is 46.3. The van der Waals surface area contributed by atoms with E-state index in [0.29, 0.717) is 17.4 Å². The lowest BCUT2D eigenvalue weighted by Crippen LogP contribution is -2.45. The van der Waals surface area contributed by atoms with E-state index in [-0.39, 0.29) is 19.1 Å². The molecule has 0 saturated heterocycles. The van der Waals surface area contributed by atoms with E-state index in [9.17, 15) is 19.4 Å². The molecule has 0 aromatic carbocycles. The van der Waals surface area contributed by atoms with Gasteiger partial charge in [-0.3, -0.25) is 13.8 Å². The maximum absolute atomic E-state index is 12.8. The number of quaternary nitrogens is 1. The standard InChI is InChI=1S/C47H95N2O6P/c1-6-8-10-12-14-15-16-17-18-19-20-21-22-23-24-25-26-27-28-29-30-31-32-33-34-35-37-39-41-47(51)48-45(46(50)40-38-36-13-11-9-7-2)44-55-56(52,53)54-43-42-49(3,4)5/h38,40,45-46,50H,6-37,39,41-44H2,1-5H3,(H-,48,51,52,53)/p+1/b40-38+. The van der Waals surface area contributed by atoms with Gasteiger partial charge in [-0.1, -0.05) is 219 Å². The van der Waals surface area contributed by atoms with Crippen molar-refractivity contribution in [2.45, 2.75) is 244 Å². The lowest BCUT2D eigenvalue weighted by Gasteiger charge is -2.25. The van der Waals surface area contributed by atoms with Gasteiger partial charge in [0.25, 0.3) is 0 Å². The fourth-order valence-corrected chi connectivity index (χ4v) is 7.90. The third-order valence-corrected chi connectivity index (χ3v) is 12.0. The van der Waals surface area contributed by atoms with Crippen molar-refractivity contribution in [3.05, 3.63) is 12.2 Å². The highest BCUT2D eigenvalue weighted by Gasteiger charge is 2.27. The minimum absolute atomic E-state index is 0.0637. The molecule has 0 radical (unpaired) electrons. The first-order valence-corrected chi connectivity index (χ1v) is 25.6. The molecular weight excluding hydrogens is 719 g/mol. The summed E-state index contributed by atoms with van der Waals surface area (Å²) in [5.41, 5.74) is 0.